The van der Waals surface area contributed by atoms with Gasteiger partial charge in [0.2, 0.25) is 0 Å². The van der Waals surface area contributed by atoms with Crippen molar-refractivity contribution >= 4 is 0 Å². The Morgan fingerprint density at radius 3 is 2.83 bits per heavy atom. The highest BCUT2D eigenvalue weighted by atomic mass is 19.1. The molecular formula is C13H16FN3O. The monoisotopic (exact) mass is 249 g/mol. The van der Waals surface area contributed by atoms with Crippen LogP contribution < -0.4 is 10.5 Å². The van der Waals surface area contributed by atoms with Gasteiger partial charge in [0.15, 0.2) is 11.6 Å². The molecule has 0 saturated heterocycles. The van der Waals surface area contributed by atoms with Crippen molar-refractivity contribution in [2.45, 2.75) is 19.5 Å². The van der Waals surface area contributed by atoms with E-state index in [9.17, 15) is 4.39 Å². The Morgan fingerprint density at radius 2 is 2.28 bits per heavy atom. The van der Waals surface area contributed by atoms with E-state index in [1.54, 1.807) is 18.3 Å². The number of methoxy groups -OCH3 is 1. The third kappa shape index (κ3) is 2.51. The minimum absolute atomic E-state index is 0.227. The van der Waals surface area contributed by atoms with Crippen molar-refractivity contribution in [2.24, 2.45) is 5.73 Å². The van der Waals surface area contributed by atoms with Gasteiger partial charge in [0, 0.05) is 25.0 Å². The molecule has 2 rings (SSSR count). The second-order valence-electron chi connectivity index (χ2n) is 4.13. The highest BCUT2D eigenvalue weighted by molar-refractivity contribution is 5.30. The molecule has 2 aromatic rings. The number of rotatable bonds is 4. The first-order valence-electron chi connectivity index (χ1n) is 5.68. The van der Waals surface area contributed by atoms with Crippen LogP contribution >= 0.6 is 0 Å². The van der Waals surface area contributed by atoms with Gasteiger partial charge in [0.05, 0.1) is 7.11 Å². The standard InChI is InChI=1S/C13H16FN3O/c1-9-16-5-6-17(9)8-12(15)10-3-4-13(18-2)11(14)7-10/h3-7,12H,8,15H2,1-2H3. The molecule has 0 aliphatic rings. The number of imidazole rings is 1. The normalized spacial score (nSPS) is 12.4. The van der Waals surface area contributed by atoms with Crippen molar-refractivity contribution in [3.05, 3.63) is 47.8 Å². The maximum Gasteiger partial charge on any atom is 0.165 e. The average Bonchev–Trinajstić information content (AvgIpc) is 2.75. The highest BCUT2D eigenvalue weighted by Crippen LogP contribution is 2.21. The van der Waals surface area contributed by atoms with Gasteiger partial charge in [0.1, 0.15) is 5.82 Å². The van der Waals surface area contributed by atoms with Gasteiger partial charge in [-0.25, -0.2) is 9.37 Å². The van der Waals surface area contributed by atoms with E-state index in [2.05, 4.69) is 4.98 Å². The zero-order valence-electron chi connectivity index (χ0n) is 10.4. The van der Waals surface area contributed by atoms with E-state index in [1.807, 2.05) is 17.7 Å². The molecule has 2 N–H and O–H groups in total. The fourth-order valence-electron chi connectivity index (χ4n) is 1.83. The lowest BCUT2D eigenvalue weighted by Gasteiger charge is -2.14. The maximum absolute atomic E-state index is 13.6. The Kier molecular flexibility index (Phi) is 3.62. The molecule has 4 nitrogen and oxygen atoms in total. The van der Waals surface area contributed by atoms with Gasteiger partial charge >= 0.3 is 0 Å². The molecule has 18 heavy (non-hydrogen) atoms. The van der Waals surface area contributed by atoms with E-state index < -0.39 is 5.82 Å². The first kappa shape index (κ1) is 12.6. The second-order valence-corrected chi connectivity index (χ2v) is 4.13. The predicted octanol–water partition coefficient (Wildman–Crippen LogP) is 2.04. The van der Waals surface area contributed by atoms with Crippen LogP contribution in [0.25, 0.3) is 0 Å². The lowest BCUT2D eigenvalue weighted by atomic mass is 10.1. The number of nitrogens with zero attached hydrogens (tertiary/aromatic N) is 2. The number of ether oxygens (including phenoxy) is 1. The minimum Gasteiger partial charge on any atom is -0.494 e. The summed E-state index contributed by atoms with van der Waals surface area (Å²) in [5.41, 5.74) is 6.80. The van der Waals surface area contributed by atoms with Crippen LogP contribution in [0.15, 0.2) is 30.6 Å². The van der Waals surface area contributed by atoms with Gasteiger partial charge in [-0.1, -0.05) is 6.07 Å². The van der Waals surface area contributed by atoms with Crippen molar-refractivity contribution < 1.29 is 9.13 Å². The molecule has 1 heterocycles. The molecule has 1 atom stereocenters. The molecule has 0 saturated carbocycles. The predicted molar refractivity (Wildman–Crippen MR) is 66.8 cm³/mol. The molecule has 96 valence electrons. The Hall–Kier alpha value is -1.88. The van der Waals surface area contributed by atoms with E-state index in [4.69, 9.17) is 10.5 Å². The van der Waals surface area contributed by atoms with Crippen LogP contribution in [0.2, 0.25) is 0 Å². The molecule has 1 aromatic heterocycles. The number of aryl methyl sites for hydroxylation is 1. The van der Waals surface area contributed by atoms with Crippen LogP contribution in [-0.2, 0) is 6.54 Å². The SMILES string of the molecule is COc1ccc(C(N)Cn2ccnc2C)cc1F. The Bertz CT molecular complexity index is 539. The van der Waals surface area contributed by atoms with Gasteiger partial charge in [0.25, 0.3) is 0 Å². The zero-order chi connectivity index (χ0) is 13.1. The van der Waals surface area contributed by atoms with Gasteiger partial charge < -0.3 is 15.0 Å². The summed E-state index contributed by atoms with van der Waals surface area (Å²) in [5.74, 6) is 0.719. The van der Waals surface area contributed by atoms with E-state index >= 15 is 0 Å². The van der Waals surface area contributed by atoms with Crippen LogP contribution in [0.1, 0.15) is 17.4 Å². The topological polar surface area (TPSA) is 53.1 Å². The Balaban J connectivity index is 2.16. The lowest BCUT2D eigenvalue weighted by molar-refractivity contribution is 0.385. The minimum atomic E-state index is -0.396. The average molecular weight is 249 g/mol. The molecule has 0 aliphatic heterocycles. The first-order chi connectivity index (χ1) is 8.61. The summed E-state index contributed by atoms with van der Waals surface area (Å²) >= 11 is 0. The lowest BCUT2D eigenvalue weighted by Crippen LogP contribution is -2.18. The molecule has 0 bridgehead atoms. The van der Waals surface area contributed by atoms with Crippen molar-refractivity contribution in [3.63, 3.8) is 0 Å². The number of hydrogen-bond acceptors (Lipinski definition) is 3. The first-order valence-corrected chi connectivity index (χ1v) is 5.68. The summed E-state index contributed by atoms with van der Waals surface area (Å²) in [4.78, 5) is 4.12. The smallest absolute Gasteiger partial charge is 0.165 e. The van der Waals surface area contributed by atoms with Crippen molar-refractivity contribution in [1.29, 1.82) is 0 Å². The summed E-state index contributed by atoms with van der Waals surface area (Å²) in [7, 11) is 1.44. The molecule has 0 fully saturated rings. The molecule has 0 radical (unpaired) electrons. The van der Waals surface area contributed by atoms with Gasteiger partial charge in [-0.2, -0.15) is 0 Å². The van der Waals surface area contributed by atoms with Gasteiger partial charge in [-0.05, 0) is 24.6 Å². The van der Waals surface area contributed by atoms with Gasteiger partial charge in [-0.3, -0.25) is 0 Å². The summed E-state index contributed by atoms with van der Waals surface area (Å²) in [6.45, 7) is 2.47. The summed E-state index contributed by atoms with van der Waals surface area (Å²) in [5, 5.41) is 0. The van der Waals surface area contributed by atoms with Crippen molar-refractivity contribution in [2.75, 3.05) is 7.11 Å². The summed E-state index contributed by atoms with van der Waals surface area (Å²) in [6, 6.07) is 4.50. The van der Waals surface area contributed by atoms with Crippen molar-refractivity contribution in [3.8, 4) is 5.75 Å². The Morgan fingerprint density at radius 1 is 1.50 bits per heavy atom. The van der Waals surface area contributed by atoms with Crippen LogP contribution in [0.4, 0.5) is 4.39 Å². The van der Waals surface area contributed by atoms with Crippen molar-refractivity contribution in [1.82, 2.24) is 9.55 Å². The van der Waals surface area contributed by atoms with Crippen LogP contribution in [-0.4, -0.2) is 16.7 Å². The second kappa shape index (κ2) is 5.18. The van der Waals surface area contributed by atoms with Crippen LogP contribution in [0.3, 0.4) is 0 Å². The third-order valence-electron chi connectivity index (χ3n) is 2.92. The zero-order valence-corrected chi connectivity index (χ0v) is 10.4. The number of aromatic nitrogens is 2. The van der Waals surface area contributed by atoms with E-state index in [0.29, 0.717) is 6.54 Å². The molecular weight excluding hydrogens is 233 g/mol. The molecule has 0 amide bonds. The largest absolute Gasteiger partial charge is 0.494 e. The van der Waals surface area contributed by atoms with E-state index in [0.717, 1.165) is 11.4 Å². The third-order valence-corrected chi connectivity index (χ3v) is 2.92. The molecule has 0 aliphatic carbocycles. The number of nitrogens with two attached hydrogens (primary N) is 1. The molecule has 0 spiro atoms. The molecule has 5 heteroatoms. The molecule has 1 aromatic carbocycles. The summed E-state index contributed by atoms with van der Waals surface area (Å²) in [6.07, 6.45) is 3.58. The fourth-order valence-corrected chi connectivity index (χ4v) is 1.83. The number of halogens is 1. The maximum atomic E-state index is 13.6. The van der Waals surface area contributed by atoms with Crippen LogP contribution in [0, 0.1) is 12.7 Å². The quantitative estimate of drug-likeness (QED) is 0.902. The molecule has 1 unspecified atom stereocenters. The Labute approximate surface area is 105 Å². The van der Waals surface area contributed by atoms with E-state index in [-0.39, 0.29) is 11.8 Å². The fraction of sp³-hybridized carbons (Fsp3) is 0.308. The highest BCUT2D eigenvalue weighted by Gasteiger charge is 2.11. The number of hydrogen-bond donors (Lipinski definition) is 1. The van der Waals surface area contributed by atoms with Gasteiger partial charge in [-0.15, -0.1) is 0 Å². The summed E-state index contributed by atoms with van der Waals surface area (Å²) < 4.78 is 20.4. The van der Waals surface area contributed by atoms with Crippen LogP contribution in [0.5, 0.6) is 5.75 Å². The van der Waals surface area contributed by atoms with E-state index in [1.165, 1.54) is 13.2 Å². The number of benzene rings is 1.